The van der Waals surface area contributed by atoms with Crippen molar-refractivity contribution in [3.8, 4) is 0 Å². The summed E-state index contributed by atoms with van der Waals surface area (Å²) in [5.74, 6) is 0. The van der Waals surface area contributed by atoms with Crippen molar-refractivity contribution in [2.45, 2.75) is 123 Å². The van der Waals surface area contributed by atoms with Gasteiger partial charge in [0.1, 0.15) is 6.23 Å². The van der Waals surface area contributed by atoms with Gasteiger partial charge in [0.05, 0.1) is 4.90 Å². The van der Waals surface area contributed by atoms with Crippen LogP contribution < -0.4 is 4.72 Å². The molecule has 0 heterocycles. The second-order valence-electron chi connectivity index (χ2n) is 8.43. The Morgan fingerprint density at radius 2 is 1.12 bits per heavy atom. The van der Waals surface area contributed by atoms with Gasteiger partial charge in [-0.25, -0.2) is 8.42 Å². The molecule has 0 fully saturated rings. The van der Waals surface area contributed by atoms with E-state index >= 15 is 0 Å². The van der Waals surface area contributed by atoms with Crippen molar-refractivity contribution < 1.29 is 50.6 Å². The molecule has 196 valence electrons. The van der Waals surface area contributed by atoms with Gasteiger partial charge in [0.15, 0.2) is 0 Å². The average Bonchev–Trinajstić information content (AvgIpc) is 2.60. The Labute approximate surface area is 218 Å². The average molecular weight is 528 g/mol. The van der Waals surface area contributed by atoms with Crippen molar-refractivity contribution in [2.24, 2.45) is 0 Å². The van der Waals surface area contributed by atoms with E-state index < -0.39 is 16.3 Å². The molecule has 7 nitrogen and oxygen atoms in total. The Bertz CT molecular complexity index is 600. The van der Waals surface area contributed by atoms with E-state index in [2.05, 4.69) is 11.6 Å². The van der Waals surface area contributed by atoms with Gasteiger partial charge in [-0.2, -0.15) is 4.72 Å². The summed E-state index contributed by atoms with van der Waals surface area (Å²) in [7, 11) is -3.62. The Kier molecular flexibility index (Phi) is 30.0. The molecule has 0 aliphatic heterocycles. The maximum absolute atomic E-state index is 12.0. The largest absolute Gasteiger partial charge is 0.394 e. The number of hydrogen-bond acceptors (Lipinski definition) is 6. The van der Waals surface area contributed by atoms with Crippen LogP contribution in [0.4, 0.5) is 0 Å². The van der Waals surface area contributed by atoms with Crippen LogP contribution in [0.2, 0.25) is 0 Å². The second-order valence-corrected chi connectivity index (χ2v) is 10.1. The molecule has 33 heavy (non-hydrogen) atoms. The molecule has 1 atom stereocenters. The summed E-state index contributed by atoms with van der Waals surface area (Å²) in [4.78, 5) is 0.188. The molecule has 9 heteroatoms. The summed E-state index contributed by atoms with van der Waals surface area (Å²) in [5, 5.41) is 33.9. The number of hydrogen-bond donors (Lipinski definition) is 5. The number of benzene rings is 1. The van der Waals surface area contributed by atoms with Crippen LogP contribution in [-0.2, 0) is 31.7 Å². The molecule has 0 saturated carbocycles. The molecule has 0 saturated heterocycles. The third kappa shape index (κ3) is 36.4. The van der Waals surface area contributed by atoms with E-state index in [1.165, 1.54) is 12.8 Å². The first-order valence-electron chi connectivity index (χ1n) is 11.5. The van der Waals surface area contributed by atoms with Crippen LogP contribution in [0.1, 0.15) is 92.6 Å². The van der Waals surface area contributed by atoms with Gasteiger partial charge in [-0.1, -0.05) is 50.3 Å². The van der Waals surface area contributed by atoms with Gasteiger partial charge in [0, 0.05) is 40.0 Å². The number of unbranched alkanes of at least 4 members (excludes halogenated alkanes) is 4. The van der Waals surface area contributed by atoms with Crippen LogP contribution in [-0.4, -0.2) is 53.4 Å². The number of aryl methyl sites for hydroxylation is 1. The molecule has 0 spiro atoms. The predicted molar refractivity (Wildman–Crippen MR) is 133 cm³/mol. The van der Waals surface area contributed by atoms with E-state index in [0.29, 0.717) is 6.42 Å². The molecule has 0 bridgehead atoms. The smallest absolute Gasteiger partial charge is 0.242 e. The zero-order valence-electron chi connectivity index (χ0n) is 21.9. The topological polar surface area (TPSA) is 127 Å². The van der Waals surface area contributed by atoms with Gasteiger partial charge in [-0.05, 0) is 73.4 Å². The monoisotopic (exact) mass is 527 g/mol. The quantitative estimate of drug-likeness (QED) is 0.187. The minimum Gasteiger partial charge on any atom is -0.394 e. The second kappa shape index (κ2) is 24.8. The van der Waals surface area contributed by atoms with Crippen molar-refractivity contribution in [2.75, 3.05) is 0 Å². The fourth-order valence-corrected chi connectivity index (χ4v) is 3.07. The van der Waals surface area contributed by atoms with Gasteiger partial charge in [0.2, 0.25) is 10.0 Å². The Morgan fingerprint density at radius 1 is 0.758 bits per heavy atom. The zero-order chi connectivity index (χ0) is 25.7. The van der Waals surface area contributed by atoms with Crippen molar-refractivity contribution in [1.29, 1.82) is 0 Å². The molecule has 0 aromatic heterocycles. The van der Waals surface area contributed by atoms with E-state index in [1.807, 2.05) is 6.92 Å². The fourth-order valence-electron chi connectivity index (χ4n) is 1.96. The first-order valence-corrected chi connectivity index (χ1v) is 12.9. The summed E-state index contributed by atoms with van der Waals surface area (Å²) in [6, 6.07) is 6.58. The number of nitrogens with one attached hydrogen (secondary N) is 1. The summed E-state index contributed by atoms with van der Waals surface area (Å²) < 4.78 is 26.3. The van der Waals surface area contributed by atoms with Gasteiger partial charge < -0.3 is 20.4 Å². The summed E-state index contributed by atoms with van der Waals surface area (Å²) in [5.41, 5.74) is 1.00. The molecule has 1 unspecified atom stereocenters. The Hall–Kier alpha value is -0.316. The molecule has 1 aromatic carbocycles. The third-order valence-corrected chi connectivity index (χ3v) is 4.68. The van der Waals surface area contributed by atoms with Crippen LogP contribution in [0.5, 0.6) is 0 Å². The van der Waals surface area contributed by atoms with E-state index in [0.717, 1.165) is 24.8 Å². The van der Waals surface area contributed by atoms with Crippen molar-refractivity contribution in [1.82, 2.24) is 4.72 Å². The number of rotatable bonds is 9. The molecule has 0 amide bonds. The fraction of sp³-hybridized carbons (Fsp3) is 0.750. The van der Waals surface area contributed by atoms with Crippen molar-refractivity contribution in [3.63, 3.8) is 0 Å². The van der Waals surface area contributed by atoms with E-state index in [-0.39, 0.29) is 44.9 Å². The number of aliphatic hydroxyl groups is 4. The van der Waals surface area contributed by atoms with Crippen LogP contribution in [0.25, 0.3) is 0 Å². The van der Waals surface area contributed by atoms with Crippen LogP contribution in [0, 0.1) is 6.92 Å². The normalized spacial score (nSPS) is 11.4. The molecule has 0 aliphatic rings. The van der Waals surface area contributed by atoms with E-state index in [9.17, 15) is 13.5 Å². The Balaban J connectivity index is -0.000000268. The molecule has 0 radical (unpaired) electrons. The molecule has 0 aliphatic carbocycles. The summed E-state index contributed by atoms with van der Waals surface area (Å²) >= 11 is 0. The van der Waals surface area contributed by atoms with E-state index in [4.69, 9.17) is 15.3 Å². The number of aliphatic hydroxyl groups excluding tert-OH is 4. The van der Waals surface area contributed by atoms with Gasteiger partial charge >= 0.3 is 0 Å². The molecule has 5 N–H and O–H groups in total. The van der Waals surface area contributed by atoms with Crippen molar-refractivity contribution in [3.05, 3.63) is 29.8 Å². The summed E-state index contributed by atoms with van der Waals surface area (Å²) in [6.45, 7) is 14.4. The molecule has 1 rings (SSSR count). The molecular formula is C24H49NO6STi. The van der Waals surface area contributed by atoms with Crippen LogP contribution in [0.3, 0.4) is 0 Å². The Morgan fingerprint density at radius 3 is 1.48 bits per heavy atom. The minimum absolute atomic E-state index is 0. The number of sulfonamides is 1. The zero-order valence-corrected chi connectivity index (χ0v) is 24.3. The maximum Gasteiger partial charge on any atom is 0.242 e. The standard InChI is InChI=1S/C15H25NO3S.3C3H8O.Ti/c1-3-4-5-6-7-8-15(17)16-20(18,19)14-11-9-13(2)10-12-14;3*1-3(2)4;/h9-12,15-17H,3-8H2,1-2H3;3*3-4H,1-2H3;. The molecule has 1 aromatic rings. The first kappa shape index (κ1) is 39.9. The first-order chi connectivity index (χ1) is 14.6. The SMILES string of the molecule is CC(C)O.CC(C)O.CC(C)O.CCCCCCCC(O)NS(=O)(=O)c1ccc(C)cc1.[Ti]. The van der Waals surface area contributed by atoms with E-state index in [1.54, 1.807) is 65.8 Å². The molecular weight excluding hydrogens is 478 g/mol. The minimum atomic E-state index is -3.62. The maximum atomic E-state index is 12.0. The predicted octanol–water partition coefficient (Wildman–Crippen LogP) is 4.11. The van der Waals surface area contributed by atoms with Crippen LogP contribution >= 0.6 is 0 Å². The third-order valence-electron chi connectivity index (χ3n) is 3.20. The van der Waals surface area contributed by atoms with Gasteiger partial charge in [-0.15, -0.1) is 0 Å². The summed E-state index contributed by atoms with van der Waals surface area (Å²) in [6.07, 6.45) is 4.29. The van der Waals surface area contributed by atoms with Crippen molar-refractivity contribution >= 4 is 10.0 Å². The van der Waals surface area contributed by atoms with Gasteiger partial charge in [0.25, 0.3) is 0 Å². The van der Waals surface area contributed by atoms with Gasteiger partial charge in [-0.3, -0.25) is 0 Å². The van der Waals surface area contributed by atoms with Crippen LogP contribution in [0.15, 0.2) is 29.2 Å².